The second-order valence-corrected chi connectivity index (χ2v) is 10.4. The number of aryl methyl sites for hydroxylation is 1. The van der Waals surface area contributed by atoms with Crippen molar-refractivity contribution in [2.75, 3.05) is 22.8 Å². The molecule has 0 radical (unpaired) electrons. The van der Waals surface area contributed by atoms with E-state index in [1.807, 2.05) is 4.72 Å². The van der Waals surface area contributed by atoms with E-state index in [9.17, 15) is 31.2 Å². The Morgan fingerprint density at radius 2 is 1.74 bits per heavy atom. The summed E-state index contributed by atoms with van der Waals surface area (Å²) >= 11 is 0. The van der Waals surface area contributed by atoms with Gasteiger partial charge < -0.3 is 10.2 Å². The van der Waals surface area contributed by atoms with Crippen molar-refractivity contribution in [3.8, 4) is 0 Å². The number of benzene rings is 2. The van der Waals surface area contributed by atoms with Crippen LogP contribution in [-0.2, 0) is 27.8 Å². The quantitative estimate of drug-likeness (QED) is 0.446. The van der Waals surface area contributed by atoms with Crippen molar-refractivity contribution in [1.82, 2.24) is 15.0 Å². The van der Waals surface area contributed by atoms with Gasteiger partial charge in [-0.1, -0.05) is 6.07 Å². The molecule has 2 aromatic carbocycles. The van der Waals surface area contributed by atoms with Gasteiger partial charge in [-0.3, -0.25) is 4.79 Å². The highest BCUT2D eigenvalue weighted by Crippen LogP contribution is 2.26. The third-order valence-electron chi connectivity index (χ3n) is 5.91. The molecule has 0 saturated carbocycles. The summed E-state index contributed by atoms with van der Waals surface area (Å²) < 4.78 is 70.2. The van der Waals surface area contributed by atoms with Crippen molar-refractivity contribution in [2.45, 2.75) is 25.8 Å². The molecular formula is C25H26F3N5O4S2. The molecule has 3 amide bonds. The second kappa shape index (κ2) is 11.9. The lowest BCUT2D eigenvalue weighted by Gasteiger charge is -2.26. The summed E-state index contributed by atoms with van der Waals surface area (Å²) in [6.45, 7) is 1.68. The van der Waals surface area contributed by atoms with Gasteiger partial charge in [0.05, 0.1) is 0 Å². The van der Waals surface area contributed by atoms with E-state index in [4.69, 9.17) is 0 Å². The fraction of sp³-hybridized carbons (Fsp3) is 0.240. The van der Waals surface area contributed by atoms with E-state index < -0.39 is 45.6 Å². The van der Waals surface area contributed by atoms with Crippen LogP contribution in [0.1, 0.15) is 16.7 Å². The summed E-state index contributed by atoms with van der Waals surface area (Å²) in [5, 5.41) is 2.28. The number of fused-ring (bicyclic) bond motifs is 1. The molecular weight excluding hydrogens is 555 g/mol. The van der Waals surface area contributed by atoms with Crippen LogP contribution < -0.4 is 19.2 Å². The number of likely N-dealkylation sites (N-methyl/N-ethyl adjacent to an activating group) is 1. The summed E-state index contributed by atoms with van der Waals surface area (Å²) in [4.78, 5) is 31.3. The number of nitrogens with zero attached hydrogens (tertiary/aromatic N) is 3. The van der Waals surface area contributed by atoms with Crippen molar-refractivity contribution in [2.24, 2.45) is 0 Å². The number of hydrogen-bond acceptors (Lipinski definition) is 5. The van der Waals surface area contributed by atoms with Gasteiger partial charge >= 0.3 is 16.2 Å². The van der Waals surface area contributed by atoms with E-state index in [1.165, 1.54) is 25.4 Å². The predicted molar refractivity (Wildman–Crippen MR) is 145 cm³/mol. The average molecular weight is 582 g/mol. The number of urea groups is 1. The number of pyridine rings is 1. The topological polar surface area (TPSA) is 112 Å². The van der Waals surface area contributed by atoms with E-state index in [0.29, 0.717) is 23.6 Å². The Morgan fingerprint density at radius 3 is 2.41 bits per heavy atom. The second-order valence-electron chi connectivity index (χ2n) is 8.81. The molecule has 0 saturated heterocycles. The predicted octanol–water partition coefficient (Wildman–Crippen LogP) is 3.10. The summed E-state index contributed by atoms with van der Waals surface area (Å²) in [6, 6.07) is 7.18. The molecule has 14 heteroatoms. The smallest absolute Gasteiger partial charge is 0.325 e. The van der Waals surface area contributed by atoms with Gasteiger partial charge in [-0.2, -0.15) is 21.9 Å². The van der Waals surface area contributed by atoms with Gasteiger partial charge in [-0.25, -0.2) is 32.0 Å². The summed E-state index contributed by atoms with van der Waals surface area (Å²) in [6.07, 6.45) is 1.44. The Bertz CT molecular complexity index is 1470. The first-order chi connectivity index (χ1) is 17.9. The fourth-order valence-corrected chi connectivity index (χ4v) is 5.34. The van der Waals surface area contributed by atoms with Gasteiger partial charge in [-0.05, 0) is 66.4 Å². The first-order valence-electron chi connectivity index (χ1n) is 11.5. The molecule has 0 bridgehead atoms. The maximum Gasteiger partial charge on any atom is 0.330 e. The fourth-order valence-electron chi connectivity index (χ4n) is 4.21. The minimum Gasteiger partial charge on any atom is -0.325 e. The third kappa shape index (κ3) is 7.00. The molecule has 0 spiro atoms. The summed E-state index contributed by atoms with van der Waals surface area (Å²) in [7, 11) is -3.07. The summed E-state index contributed by atoms with van der Waals surface area (Å²) in [5.41, 5.74) is 1.41. The Morgan fingerprint density at radius 1 is 1.08 bits per heavy atom. The van der Waals surface area contributed by atoms with Crippen molar-refractivity contribution in [3.63, 3.8) is 0 Å². The Kier molecular flexibility index (Phi) is 9.12. The van der Waals surface area contributed by atoms with Crippen molar-refractivity contribution in [1.29, 1.82) is 0 Å². The first-order valence-corrected chi connectivity index (χ1v) is 12.9. The number of halogens is 3. The lowest BCUT2D eigenvalue weighted by atomic mass is 10.0. The minimum absolute atomic E-state index is 0. The SMILES string of the molecule is Cc1cc(F)cc(N(C)C(=O)[C@H](Cc2cc(F)cc(F)c2)NC(=O)NS(=O)(=O)N2CCc3cccnc32)c1.S. The molecule has 1 aliphatic heterocycles. The zero-order valence-corrected chi connectivity index (χ0v) is 22.7. The molecule has 9 nitrogen and oxygen atoms in total. The van der Waals surface area contributed by atoms with E-state index in [0.717, 1.165) is 27.4 Å². The number of carbonyl (C=O) groups is 2. The Balaban J connectivity index is 0.00000420. The van der Waals surface area contributed by atoms with Gasteiger partial charge in [-0.15, -0.1) is 0 Å². The maximum absolute atomic E-state index is 14.0. The molecule has 208 valence electrons. The zero-order valence-electron chi connectivity index (χ0n) is 20.9. The standard InChI is InChI=1S/C25H24F3N5O4S.H2S/c1-15-8-18(26)14-21(9-15)32(2)24(34)22(12-16-10-19(27)13-20(28)11-16)30-25(35)31-38(36,37)33-7-5-17-4-3-6-29-23(17)33;/h3-4,6,8-11,13-14,22H,5,7,12H2,1-2H3,(H2,30,31,35);1H2/t22-;/m0./s1. The molecule has 0 fully saturated rings. The molecule has 2 N–H and O–H groups in total. The van der Waals surface area contributed by atoms with Crippen molar-refractivity contribution in [3.05, 3.63) is 88.9 Å². The van der Waals surface area contributed by atoms with Crippen LogP contribution in [0.4, 0.5) is 29.5 Å². The average Bonchev–Trinajstić information content (AvgIpc) is 3.26. The van der Waals surface area contributed by atoms with E-state index in [-0.39, 0.29) is 43.5 Å². The van der Waals surface area contributed by atoms with Crippen LogP contribution >= 0.6 is 13.5 Å². The molecule has 0 aliphatic carbocycles. The highest BCUT2D eigenvalue weighted by atomic mass is 32.2. The number of anilines is 2. The van der Waals surface area contributed by atoms with Crippen LogP contribution in [0.25, 0.3) is 0 Å². The number of hydrogen-bond donors (Lipinski definition) is 2. The molecule has 3 aromatic rings. The van der Waals surface area contributed by atoms with E-state index in [1.54, 1.807) is 19.1 Å². The lowest BCUT2D eigenvalue weighted by Crippen LogP contribution is -2.54. The normalized spacial score (nSPS) is 13.2. The van der Waals surface area contributed by atoms with E-state index >= 15 is 0 Å². The number of nitrogens with one attached hydrogen (secondary N) is 2. The third-order valence-corrected chi connectivity index (χ3v) is 7.29. The van der Waals surface area contributed by atoms with Gasteiger partial charge in [0.15, 0.2) is 0 Å². The minimum atomic E-state index is -4.40. The molecule has 1 aliphatic rings. The zero-order chi connectivity index (χ0) is 27.6. The van der Waals surface area contributed by atoms with Gasteiger partial charge in [0.2, 0.25) is 5.91 Å². The largest absolute Gasteiger partial charge is 0.330 e. The number of rotatable bonds is 7. The maximum atomic E-state index is 14.0. The van der Waals surface area contributed by atoms with Gasteiger partial charge in [0.1, 0.15) is 29.3 Å². The van der Waals surface area contributed by atoms with Crippen LogP contribution in [0.5, 0.6) is 0 Å². The van der Waals surface area contributed by atoms with E-state index in [2.05, 4.69) is 10.3 Å². The molecule has 0 unspecified atom stereocenters. The molecule has 1 aromatic heterocycles. The Labute approximate surface area is 230 Å². The van der Waals surface area contributed by atoms with Crippen LogP contribution in [0.3, 0.4) is 0 Å². The number of aromatic nitrogens is 1. The number of carbonyl (C=O) groups excluding carboxylic acids is 2. The molecule has 2 heterocycles. The van der Waals surface area contributed by atoms with Crippen molar-refractivity contribution >= 4 is 47.1 Å². The first kappa shape index (κ1) is 29.8. The van der Waals surface area contributed by atoms with Crippen LogP contribution in [0.15, 0.2) is 54.7 Å². The molecule has 39 heavy (non-hydrogen) atoms. The monoisotopic (exact) mass is 581 g/mol. The van der Waals surface area contributed by atoms with Crippen molar-refractivity contribution < 1.29 is 31.2 Å². The van der Waals surface area contributed by atoms with Gasteiger partial charge in [0, 0.05) is 38.0 Å². The Hall–Kier alpha value is -3.78. The summed E-state index contributed by atoms with van der Waals surface area (Å²) in [5.74, 6) is -2.99. The van der Waals surface area contributed by atoms with Crippen LogP contribution in [-0.4, -0.2) is 45.0 Å². The highest BCUT2D eigenvalue weighted by molar-refractivity contribution is 7.91. The van der Waals surface area contributed by atoms with Gasteiger partial charge in [0.25, 0.3) is 0 Å². The van der Waals surface area contributed by atoms with Crippen LogP contribution in [0, 0.1) is 24.4 Å². The lowest BCUT2D eigenvalue weighted by molar-refractivity contribution is -0.120. The van der Waals surface area contributed by atoms with Crippen LogP contribution in [0.2, 0.25) is 0 Å². The molecule has 4 rings (SSSR count). The molecule has 1 atom stereocenters. The number of amides is 3. The highest BCUT2D eigenvalue weighted by Gasteiger charge is 2.33.